The summed E-state index contributed by atoms with van der Waals surface area (Å²) in [4.78, 5) is 14.0. The van der Waals surface area contributed by atoms with E-state index in [0.29, 0.717) is 43.3 Å². The molecule has 1 amide bonds. The molecule has 1 fully saturated rings. The number of aromatic hydroxyl groups is 2. The second kappa shape index (κ2) is 7.93. The number of phenolic OH excluding ortho intramolecular Hbond substituents is 2. The third-order valence-electron chi connectivity index (χ3n) is 4.72. The third-order valence-corrected chi connectivity index (χ3v) is 4.72. The molecule has 27 heavy (non-hydrogen) atoms. The molecule has 0 radical (unpaired) electrons. The van der Waals surface area contributed by atoms with Gasteiger partial charge in [0.25, 0.3) is 5.91 Å². The lowest BCUT2D eigenvalue weighted by atomic mass is 9.98. The number of amides is 1. The first-order valence-corrected chi connectivity index (χ1v) is 8.97. The van der Waals surface area contributed by atoms with E-state index in [0.717, 1.165) is 13.1 Å². The quantitative estimate of drug-likeness (QED) is 0.685. The number of hydrogen-bond acceptors (Lipinski definition) is 7. The highest BCUT2D eigenvalue weighted by atomic mass is 16.5. The highest BCUT2D eigenvalue weighted by Crippen LogP contribution is 2.37. The maximum absolute atomic E-state index is 11.8. The molecule has 2 heterocycles. The van der Waals surface area contributed by atoms with E-state index in [9.17, 15) is 15.0 Å². The van der Waals surface area contributed by atoms with Gasteiger partial charge in [0.2, 0.25) is 5.82 Å². The Labute approximate surface area is 157 Å². The number of carbonyl (C=O) groups excluding carboxylic acids is 1. The van der Waals surface area contributed by atoms with Gasteiger partial charge in [-0.05, 0) is 17.5 Å². The number of benzene rings is 1. The number of nitrogens with zero attached hydrogens (tertiary/aromatic N) is 4. The number of ether oxygens (including phenoxy) is 1. The van der Waals surface area contributed by atoms with Crippen molar-refractivity contribution in [3.8, 4) is 22.9 Å². The highest BCUT2D eigenvalue weighted by molar-refractivity contribution is 5.90. The molecule has 1 aromatic heterocycles. The summed E-state index contributed by atoms with van der Waals surface area (Å²) in [6.07, 6.45) is 0. The molecule has 1 saturated heterocycles. The molecule has 0 unspecified atom stereocenters. The average molecular weight is 375 g/mol. The molecule has 0 bridgehead atoms. The number of phenols is 2. The molecule has 1 aliphatic heterocycles. The molecule has 1 aromatic carbocycles. The van der Waals surface area contributed by atoms with Crippen molar-refractivity contribution in [2.24, 2.45) is 5.73 Å². The maximum atomic E-state index is 11.8. The molecular weight excluding hydrogens is 350 g/mol. The van der Waals surface area contributed by atoms with Crippen molar-refractivity contribution in [3.63, 3.8) is 0 Å². The Bertz CT molecular complexity index is 827. The van der Waals surface area contributed by atoms with Crippen molar-refractivity contribution in [1.82, 2.24) is 19.7 Å². The first-order chi connectivity index (χ1) is 12.9. The number of primary amides is 1. The Kier molecular flexibility index (Phi) is 5.62. The molecule has 0 spiro atoms. The van der Waals surface area contributed by atoms with Crippen LogP contribution in [0.15, 0.2) is 12.1 Å². The van der Waals surface area contributed by atoms with E-state index in [1.54, 1.807) is 10.6 Å². The van der Waals surface area contributed by atoms with Gasteiger partial charge in [0.15, 0.2) is 5.82 Å². The van der Waals surface area contributed by atoms with Crippen LogP contribution in [0.2, 0.25) is 0 Å². The van der Waals surface area contributed by atoms with E-state index < -0.39 is 5.91 Å². The van der Waals surface area contributed by atoms with Crippen LogP contribution in [0.5, 0.6) is 11.5 Å². The molecule has 0 atom stereocenters. The third kappa shape index (κ3) is 4.04. The summed E-state index contributed by atoms with van der Waals surface area (Å²) in [5.74, 6) is -0.371. The van der Waals surface area contributed by atoms with Crippen LogP contribution < -0.4 is 5.73 Å². The van der Waals surface area contributed by atoms with E-state index >= 15 is 0 Å². The van der Waals surface area contributed by atoms with Crippen LogP contribution in [0.1, 0.15) is 35.9 Å². The van der Waals surface area contributed by atoms with Crippen LogP contribution in [-0.2, 0) is 11.3 Å². The Hall–Kier alpha value is -2.65. The van der Waals surface area contributed by atoms with E-state index in [2.05, 4.69) is 15.1 Å². The zero-order valence-electron chi connectivity index (χ0n) is 15.6. The second-order valence-corrected chi connectivity index (χ2v) is 6.90. The molecule has 0 saturated carbocycles. The lowest BCUT2D eigenvalue weighted by Gasteiger charge is -2.27. The number of hydrogen-bond donors (Lipinski definition) is 3. The topological polar surface area (TPSA) is 127 Å². The van der Waals surface area contributed by atoms with Crippen molar-refractivity contribution in [2.75, 3.05) is 32.8 Å². The van der Waals surface area contributed by atoms with Gasteiger partial charge in [-0.25, -0.2) is 0 Å². The van der Waals surface area contributed by atoms with Gasteiger partial charge in [0.05, 0.1) is 18.8 Å². The lowest BCUT2D eigenvalue weighted by molar-refractivity contribution is 0.0363. The van der Waals surface area contributed by atoms with Crippen molar-refractivity contribution in [2.45, 2.75) is 26.3 Å². The number of rotatable bonds is 6. The van der Waals surface area contributed by atoms with Crippen molar-refractivity contribution in [1.29, 1.82) is 0 Å². The minimum Gasteiger partial charge on any atom is -0.508 e. The summed E-state index contributed by atoms with van der Waals surface area (Å²) in [6.45, 7) is 7.96. The highest BCUT2D eigenvalue weighted by Gasteiger charge is 2.22. The summed E-state index contributed by atoms with van der Waals surface area (Å²) in [5, 5.41) is 28.4. The van der Waals surface area contributed by atoms with Gasteiger partial charge >= 0.3 is 0 Å². The molecule has 1 aliphatic rings. The predicted molar refractivity (Wildman–Crippen MR) is 98.7 cm³/mol. The fraction of sp³-hybridized carbons (Fsp3) is 0.500. The zero-order chi connectivity index (χ0) is 19.6. The summed E-state index contributed by atoms with van der Waals surface area (Å²) >= 11 is 0. The number of nitrogens with two attached hydrogens (primary N) is 1. The van der Waals surface area contributed by atoms with Gasteiger partial charge in [-0.1, -0.05) is 13.8 Å². The summed E-state index contributed by atoms with van der Waals surface area (Å²) in [5.41, 5.74) is 6.53. The Morgan fingerprint density at radius 2 is 1.89 bits per heavy atom. The van der Waals surface area contributed by atoms with Crippen LogP contribution >= 0.6 is 0 Å². The molecule has 2 aromatic rings. The fourth-order valence-electron chi connectivity index (χ4n) is 3.20. The summed E-state index contributed by atoms with van der Waals surface area (Å²) in [7, 11) is 0. The Morgan fingerprint density at radius 1 is 1.19 bits per heavy atom. The standard InChI is InChI=1S/C18H25N5O4/c1-11(2)12-9-13(15(25)10-14(12)24)17-20-21-18(16(19)26)23(17)4-3-22-5-7-27-8-6-22/h9-11,24-25H,3-8H2,1-2H3,(H2,19,26). The van der Waals surface area contributed by atoms with Crippen LogP contribution in [0, 0.1) is 0 Å². The predicted octanol–water partition coefficient (Wildman–Crippen LogP) is 0.911. The first kappa shape index (κ1) is 19.1. The van der Waals surface area contributed by atoms with Gasteiger partial charge in [0.1, 0.15) is 11.5 Å². The summed E-state index contributed by atoms with van der Waals surface area (Å²) in [6, 6.07) is 2.96. The normalized spacial score (nSPS) is 15.4. The fourth-order valence-corrected chi connectivity index (χ4v) is 3.20. The molecule has 0 aliphatic carbocycles. The van der Waals surface area contributed by atoms with Gasteiger partial charge in [-0.15, -0.1) is 10.2 Å². The number of carbonyl (C=O) groups is 1. The van der Waals surface area contributed by atoms with Gasteiger partial charge in [-0.3, -0.25) is 9.69 Å². The van der Waals surface area contributed by atoms with Crippen LogP contribution in [0.4, 0.5) is 0 Å². The Morgan fingerprint density at radius 3 is 2.52 bits per heavy atom. The number of morpholine rings is 1. The SMILES string of the molecule is CC(C)c1cc(-c2nnc(C(N)=O)n2CCN2CCOCC2)c(O)cc1O. The van der Waals surface area contributed by atoms with Crippen molar-refractivity contribution >= 4 is 5.91 Å². The smallest absolute Gasteiger partial charge is 0.286 e. The molecule has 9 heteroatoms. The zero-order valence-corrected chi connectivity index (χ0v) is 15.6. The van der Waals surface area contributed by atoms with Gasteiger partial charge < -0.3 is 25.3 Å². The van der Waals surface area contributed by atoms with E-state index in [4.69, 9.17) is 10.5 Å². The van der Waals surface area contributed by atoms with Gasteiger partial charge in [-0.2, -0.15) is 0 Å². The van der Waals surface area contributed by atoms with Crippen LogP contribution in [0.25, 0.3) is 11.4 Å². The molecule has 3 rings (SSSR count). The second-order valence-electron chi connectivity index (χ2n) is 6.90. The minimum atomic E-state index is -0.682. The van der Waals surface area contributed by atoms with Crippen molar-refractivity contribution < 1.29 is 19.7 Å². The monoisotopic (exact) mass is 375 g/mol. The minimum absolute atomic E-state index is 0.0146. The molecule has 4 N–H and O–H groups in total. The van der Waals surface area contributed by atoms with Crippen LogP contribution in [0.3, 0.4) is 0 Å². The Balaban J connectivity index is 1.98. The van der Waals surface area contributed by atoms with Gasteiger partial charge in [0, 0.05) is 32.2 Å². The molecule has 146 valence electrons. The number of aromatic nitrogens is 3. The lowest BCUT2D eigenvalue weighted by Crippen LogP contribution is -2.38. The van der Waals surface area contributed by atoms with E-state index in [1.165, 1.54) is 6.07 Å². The molecule has 9 nitrogen and oxygen atoms in total. The average Bonchev–Trinajstić information content (AvgIpc) is 3.04. The molecular formula is C18H25N5O4. The summed E-state index contributed by atoms with van der Waals surface area (Å²) < 4.78 is 6.97. The van der Waals surface area contributed by atoms with E-state index in [-0.39, 0.29) is 23.2 Å². The van der Waals surface area contributed by atoms with Crippen molar-refractivity contribution in [3.05, 3.63) is 23.5 Å². The maximum Gasteiger partial charge on any atom is 0.286 e. The first-order valence-electron chi connectivity index (χ1n) is 8.97. The van der Waals surface area contributed by atoms with E-state index in [1.807, 2.05) is 13.8 Å². The largest absolute Gasteiger partial charge is 0.508 e. The van der Waals surface area contributed by atoms with Crippen LogP contribution in [-0.4, -0.2) is 68.6 Å².